The maximum absolute atomic E-state index is 12.2. The monoisotopic (exact) mass is 496 g/mol. The first-order valence-electron chi connectivity index (χ1n) is 11.3. The first-order valence-corrected chi connectivity index (χ1v) is 13.3. The largest absolute Gasteiger partial charge is 0.354 e. The van der Waals surface area contributed by atoms with Crippen molar-refractivity contribution >= 4 is 57.4 Å². The van der Waals surface area contributed by atoms with Crippen LogP contribution in [0.1, 0.15) is 13.8 Å². The van der Waals surface area contributed by atoms with Crippen LogP contribution < -0.4 is 10.6 Å². The molecule has 2 heterocycles. The zero-order chi connectivity index (χ0) is 23.9. The van der Waals surface area contributed by atoms with Crippen molar-refractivity contribution in [1.82, 2.24) is 29.7 Å². The lowest BCUT2D eigenvalue weighted by Crippen LogP contribution is -2.36. The normalized spacial score (nSPS) is 11.2. The van der Waals surface area contributed by atoms with Crippen LogP contribution in [0.4, 0.5) is 0 Å². The van der Waals surface area contributed by atoms with Crippen molar-refractivity contribution in [3.05, 3.63) is 48.5 Å². The Hall–Kier alpha value is -2.98. The minimum absolute atomic E-state index is 0.0833. The second kappa shape index (κ2) is 11.4. The average molecular weight is 497 g/mol. The van der Waals surface area contributed by atoms with Crippen molar-refractivity contribution in [2.45, 2.75) is 37.2 Å². The first-order chi connectivity index (χ1) is 16.6. The standard InChI is InChI=1S/C24H28N6O2S2/c1-3-29-19-11-7-5-9-17(19)27-23(29)33-15-21(31)25-13-14-26-22(32)16-34-24-28-18-10-6-8-12-20(18)30(24)4-2/h5-12H,3-4,13-16H2,1-2H3,(H,25,31)(H,26,32). The van der Waals surface area contributed by atoms with E-state index >= 15 is 0 Å². The zero-order valence-electron chi connectivity index (χ0n) is 19.3. The molecule has 0 fully saturated rings. The highest BCUT2D eigenvalue weighted by atomic mass is 32.2. The minimum Gasteiger partial charge on any atom is -0.354 e. The molecule has 2 aromatic carbocycles. The molecule has 34 heavy (non-hydrogen) atoms. The smallest absolute Gasteiger partial charge is 0.230 e. The van der Waals surface area contributed by atoms with Gasteiger partial charge in [-0.1, -0.05) is 47.8 Å². The van der Waals surface area contributed by atoms with E-state index in [2.05, 4.69) is 43.6 Å². The highest BCUT2D eigenvalue weighted by Crippen LogP contribution is 2.24. The first kappa shape index (κ1) is 24.2. The topological polar surface area (TPSA) is 93.8 Å². The van der Waals surface area contributed by atoms with Crippen LogP contribution in [0.5, 0.6) is 0 Å². The average Bonchev–Trinajstić information content (AvgIpc) is 3.41. The summed E-state index contributed by atoms with van der Waals surface area (Å²) in [6, 6.07) is 15.9. The number of hydrogen-bond donors (Lipinski definition) is 2. The highest BCUT2D eigenvalue weighted by Gasteiger charge is 2.13. The number of imidazole rings is 2. The fraction of sp³-hybridized carbons (Fsp3) is 0.333. The van der Waals surface area contributed by atoms with Crippen molar-refractivity contribution in [2.24, 2.45) is 0 Å². The lowest BCUT2D eigenvalue weighted by molar-refractivity contribution is -0.120. The number of nitrogens with one attached hydrogen (secondary N) is 2. The Morgan fingerprint density at radius 2 is 1.15 bits per heavy atom. The number of aryl methyl sites for hydroxylation is 2. The molecular formula is C24H28N6O2S2. The Kier molecular flexibility index (Phi) is 8.12. The number of amides is 2. The second-order valence-corrected chi connectivity index (χ2v) is 9.42. The van der Waals surface area contributed by atoms with Gasteiger partial charge in [-0.05, 0) is 38.1 Å². The lowest BCUT2D eigenvalue weighted by atomic mass is 10.3. The van der Waals surface area contributed by atoms with E-state index in [1.54, 1.807) is 0 Å². The van der Waals surface area contributed by atoms with E-state index in [9.17, 15) is 9.59 Å². The van der Waals surface area contributed by atoms with Crippen LogP contribution in [0.3, 0.4) is 0 Å². The number of para-hydroxylation sites is 4. The lowest BCUT2D eigenvalue weighted by Gasteiger charge is -2.08. The summed E-state index contributed by atoms with van der Waals surface area (Å²) in [5, 5.41) is 7.38. The summed E-state index contributed by atoms with van der Waals surface area (Å²) in [4.78, 5) is 33.7. The van der Waals surface area contributed by atoms with Gasteiger partial charge in [-0.15, -0.1) is 0 Å². The zero-order valence-corrected chi connectivity index (χ0v) is 20.9. The number of hydrogen-bond acceptors (Lipinski definition) is 6. The molecule has 0 aliphatic heterocycles. The van der Waals surface area contributed by atoms with Crippen molar-refractivity contribution in [3.8, 4) is 0 Å². The van der Waals surface area contributed by atoms with Gasteiger partial charge in [0.1, 0.15) is 0 Å². The van der Waals surface area contributed by atoms with Crippen LogP contribution in [-0.2, 0) is 22.7 Å². The Bertz CT molecular complexity index is 1200. The number of carbonyl (C=O) groups excluding carboxylic acids is 2. The van der Waals surface area contributed by atoms with Crippen LogP contribution in [0.25, 0.3) is 22.1 Å². The predicted molar refractivity (Wildman–Crippen MR) is 138 cm³/mol. The molecule has 0 aliphatic carbocycles. The quantitative estimate of drug-likeness (QED) is 0.244. The SMILES string of the molecule is CCn1c(SCC(=O)NCCNC(=O)CSc2nc3ccccc3n2CC)nc2ccccc21. The summed E-state index contributed by atoms with van der Waals surface area (Å²) >= 11 is 2.84. The van der Waals surface area contributed by atoms with Gasteiger partial charge in [0.15, 0.2) is 10.3 Å². The molecule has 0 atom stereocenters. The third-order valence-corrected chi connectivity index (χ3v) is 7.26. The van der Waals surface area contributed by atoms with Crippen molar-refractivity contribution in [1.29, 1.82) is 0 Å². The molecule has 2 aromatic heterocycles. The molecule has 0 aliphatic rings. The molecule has 0 saturated carbocycles. The second-order valence-electron chi connectivity index (χ2n) is 7.53. The van der Waals surface area contributed by atoms with Gasteiger partial charge in [0.05, 0.1) is 33.6 Å². The van der Waals surface area contributed by atoms with Crippen LogP contribution in [0.2, 0.25) is 0 Å². The number of thioether (sulfide) groups is 2. The highest BCUT2D eigenvalue weighted by molar-refractivity contribution is 8.00. The maximum atomic E-state index is 12.2. The molecule has 178 valence electrons. The molecule has 0 spiro atoms. The molecule has 4 rings (SSSR count). The van der Waals surface area contributed by atoms with Gasteiger partial charge in [-0.2, -0.15) is 0 Å². The summed E-state index contributed by atoms with van der Waals surface area (Å²) in [5.74, 6) is 0.390. The number of carbonyl (C=O) groups is 2. The van der Waals surface area contributed by atoms with Crippen molar-refractivity contribution in [3.63, 3.8) is 0 Å². The van der Waals surface area contributed by atoms with E-state index in [1.165, 1.54) is 23.5 Å². The van der Waals surface area contributed by atoms with Gasteiger partial charge < -0.3 is 19.8 Å². The molecule has 2 N–H and O–H groups in total. The number of benzene rings is 2. The van der Waals surface area contributed by atoms with E-state index in [0.717, 1.165) is 45.5 Å². The number of nitrogens with zero attached hydrogens (tertiary/aromatic N) is 4. The molecule has 8 nitrogen and oxygen atoms in total. The van der Waals surface area contributed by atoms with Crippen molar-refractivity contribution < 1.29 is 9.59 Å². The van der Waals surface area contributed by atoms with E-state index < -0.39 is 0 Å². The predicted octanol–water partition coefficient (Wildman–Crippen LogP) is 3.54. The molecule has 4 aromatic rings. The number of fused-ring (bicyclic) bond motifs is 2. The van der Waals surface area contributed by atoms with Gasteiger partial charge in [0, 0.05) is 26.2 Å². The molecule has 0 saturated heterocycles. The fourth-order valence-corrected chi connectivity index (χ4v) is 5.52. The maximum Gasteiger partial charge on any atom is 0.230 e. The van der Waals surface area contributed by atoms with Gasteiger partial charge >= 0.3 is 0 Å². The van der Waals surface area contributed by atoms with Crippen LogP contribution >= 0.6 is 23.5 Å². The van der Waals surface area contributed by atoms with E-state index in [1.807, 2.05) is 48.5 Å². The van der Waals surface area contributed by atoms with Gasteiger partial charge in [-0.3, -0.25) is 9.59 Å². The molecule has 0 bridgehead atoms. The van der Waals surface area contributed by atoms with Crippen molar-refractivity contribution in [2.75, 3.05) is 24.6 Å². The third-order valence-electron chi connectivity index (χ3n) is 5.31. The summed E-state index contributed by atoms with van der Waals surface area (Å²) in [7, 11) is 0. The summed E-state index contributed by atoms with van der Waals surface area (Å²) < 4.78 is 4.22. The third kappa shape index (κ3) is 5.56. The van der Waals surface area contributed by atoms with Gasteiger partial charge in [-0.25, -0.2) is 9.97 Å². The Labute approximate surface area is 206 Å². The summed E-state index contributed by atoms with van der Waals surface area (Å²) in [6.45, 7) is 6.49. The Morgan fingerprint density at radius 1 is 0.735 bits per heavy atom. The molecule has 10 heteroatoms. The Balaban J connectivity index is 1.18. The Morgan fingerprint density at radius 3 is 1.56 bits per heavy atom. The van der Waals surface area contributed by atoms with E-state index in [4.69, 9.17) is 0 Å². The molecule has 0 radical (unpaired) electrons. The minimum atomic E-state index is -0.0833. The van der Waals surface area contributed by atoms with E-state index in [0.29, 0.717) is 13.1 Å². The summed E-state index contributed by atoms with van der Waals surface area (Å²) in [6.07, 6.45) is 0. The van der Waals surface area contributed by atoms with E-state index in [-0.39, 0.29) is 23.3 Å². The fourth-order valence-electron chi connectivity index (χ4n) is 3.70. The molecule has 0 unspecified atom stereocenters. The number of aromatic nitrogens is 4. The number of rotatable bonds is 11. The van der Waals surface area contributed by atoms with Crippen LogP contribution in [0.15, 0.2) is 58.8 Å². The van der Waals surface area contributed by atoms with Crippen LogP contribution in [0, 0.1) is 0 Å². The molecule has 2 amide bonds. The summed E-state index contributed by atoms with van der Waals surface area (Å²) in [5.41, 5.74) is 4.01. The molecular weight excluding hydrogens is 468 g/mol. The van der Waals surface area contributed by atoms with Gasteiger partial charge in [0.25, 0.3) is 0 Å². The van der Waals surface area contributed by atoms with Crippen LogP contribution in [-0.4, -0.2) is 55.5 Å². The van der Waals surface area contributed by atoms with Gasteiger partial charge in [0.2, 0.25) is 11.8 Å².